The minimum atomic E-state index is -0.328. The van der Waals surface area contributed by atoms with Crippen molar-refractivity contribution in [2.75, 3.05) is 12.4 Å². The van der Waals surface area contributed by atoms with Gasteiger partial charge in [0.05, 0.1) is 12.7 Å². The highest BCUT2D eigenvalue weighted by molar-refractivity contribution is 5.95. The molecular formula is C14H16N2O2. The number of anilines is 1. The molecule has 0 saturated heterocycles. The lowest BCUT2D eigenvalue weighted by molar-refractivity contribution is 0.0602. The third-order valence-corrected chi connectivity index (χ3v) is 2.71. The zero-order valence-electron chi connectivity index (χ0n) is 10.5. The van der Waals surface area contributed by atoms with E-state index in [1.54, 1.807) is 6.07 Å². The van der Waals surface area contributed by atoms with Crippen molar-refractivity contribution in [3.8, 4) is 0 Å². The Bertz CT molecular complexity index is 546. The van der Waals surface area contributed by atoms with Crippen molar-refractivity contribution in [3.05, 3.63) is 53.9 Å². The minimum absolute atomic E-state index is 0.328. The van der Waals surface area contributed by atoms with Crippen LogP contribution in [0.4, 0.5) is 5.69 Å². The largest absolute Gasteiger partial charge is 0.465 e. The van der Waals surface area contributed by atoms with Crippen LogP contribution in [0.25, 0.3) is 0 Å². The Balaban J connectivity index is 2.11. The average molecular weight is 244 g/mol. The van der Waals surface area contributed by atoms with Gasteiger partial charge in [0.1, 0.15) is 0 Å². The number of carbonyl (C=O) groups is 1. The van der Waals surface area contributed by atoms with Crippen LogP contribution in [0.15, 0.2) is 42.7 Å². The fraction of sp³-hybridized carbons (Fsp3) is 0.214. The number of carbonyl (C=O) groups excluding carboxylic acids is 1. The van der Waals surface area contributed by atoms with Crippen LogP contribution in [0.3, 0.4) is 0 Å². The first-order valence-corrected chi connectivity index (χ1v) is 5.73. The molecule has 0 unspecified atom stereocenters. The third-order valence-electron chi connectivity index (χ3n) is 2.71. The Morgan fingerprint density at radius 2 is 2.11 bits per heavy atom. The molecule has 4 nitrogen and oxygen atoms in total. The number of nitrogens with one attached hydrogen (secondary N) is 1. The van der Waals surface area contributed by atoms with Crippen molar-refractivity contribution >= 4 is 11.7 Å². The molecule has 1 heterocycles. The van der Waals surface area contributed by atoms with E-state index in [0.29, 0.717) is 12.1 Å². The van der Waals surface area contributed by atoms with Crippen molar-refractivity contribution in [1.29, 1.82) is 0 Å². The summed E-state index contributed by atoms with van der Waals surface area (Å²) < 4.78 is 6.74. The number of nitrogens with zero attached hydrogens (tertiary/aromatic N) is 1. The van der Waals surface area contributed by atoms with Crippen LogP contribution < -0.4 is 5.32 Å². The number of ether oxygens (including phenoxy) is 1. The summed E-state index contributed by atoms with van der Waals surface area (Å²) in [4.78, 5) is 11.6. The Morgan fingerprint density at radius 1 is 1.33 bits per heavy atom. The molecule has 2 rings (SSSR count). The van der Waals surface area contributed by atoms with Gasteiger partial charge in [-0.05, 0) is 23.8 Å². The quantitative estimate of drug-likeness (QED) is 0.840. The van der Waals surface area contributed by atoms with E-state index in [1.165, 1.54) is 7.11 Å². The van der Waals surface area contributed by atoms with Gasteiger partial charge < -0.3 is 14.6 Å². The predicted octanol–water partition coefficient (Wildman–Crippen LogP) is 2.42. The number of esters is 1. The molecule has 0 aliphatic rings. The van der Waals surface area contributed by atoms with Gasteiger partial charge in [-0.15, -0.1) is 0 Å². The van der Waals surface area contributed by atoms with Crippen LogP contribution in [0, 0.1) is 0 Å². The molecule has 18 heavy (non-hydrogen) atoms. The van der Waals surface area contributed by atoms with Gasteiger partial charge in [0, 0.05) is 31.7 Å². The maximum Gasteiger partial charge on any atom is 0.339 e. The topological polar surface area (TPSA) is 43.3 Å². The molecule has 0 aliphatic carbocycles. The molecule has 0 atom stereocenters. The average Bonchev–Trinajstić information content (AvgIpc) is 2.81. The molecule has 0 fully saturated rings. The highest BCUT2D eigenvalue weighted by atomic mass is 16.5. The summed E-state index contributed by atoms with van der Waals surface area (Å²) in [6.07, 6.45) is 4.02. The summed E-state index contributed by atoms with van der Waals surface area (Å²) in [5.74, 6) is -0.328. The third kappa shape index (κ3) is 2.71. The van der Waals surface area contributed by atoms with Crippen molar-refractivity contribution in [2.24, 2.45) is 7.05 Å². The number of aromatic nitrogens is 1. The molecule has 4 heteroatoms. The fourth-order valence-electron chi connectivity index (χ4n) is 1.79. The number of benzene rings is 1. The highest BCUT2D eigenvalue weighted by Gasteiger charge is 2.10. The highest BCUT2D eigenvalue weighted by Crippen LogP contribution is 2.17. The number of hydrogen-bond donors (Lipinski definition) is 1. The van der Waals surface area contributed by atoms with Gasteiger partial charge in [-0.1, -0.05) is 12.1 Å². The van der Waals surface area contributed by atoms with E-state index in [1.807, 2.05) is 48.3 Å². The number of para-hydroxylation sites is 1. The van der Waals surface area contributed by atoms with Gasteiger partial charge in [-0.25, -0.2) is 4.79 Å². The van der Waals surface area contributed by atoms with E-state index in [2.05, 4.69) is 5.32 Å². The van der Waals surface area contributed by atoms with E-state index in [9.17, 15) is 4.79 Å². The van der Waals surface area contributed by atoms with Crippen molar-refractivity contribution < 1.29 is 9.53 Å². The Hall–Kier alpha value is -2.23. The first kappa shape index (κ1) is 12.2. The SMILES string of the molecule is COC(=O)c1ccccc1NCc1ccn(C)c1. The zero-order chi connectivity index (χ0) is 13.0. The fourth-order valence-corrected chi connectivity index (χ4v) is 1.79. The van der Waals surface area contributed by atoms with Gasteiger partial charge >= 0.3 is 5.97 Å². The van der Waals surface area contributed by atoms with Crippen LogP contribution in [0.5, 0.6) is 0 Å². The minimum Gasteiger partial charge on any atom is -0.465 e. The van der Waals surface area contributed by atoms with Crippen molar-refractivity contribution in [1.82, 2.24) is 4.57 Å². The summed E-state index contributed by atoms with van der Waals surface area (Å²) >= 11 is 0. The van der Waals surface area contributed by atoms with Gasteiger partial charge in [0.15, 0.2) is 0 Å². The van der Waals surface area contributed by atoms with Crippen LogP contribution in [-0.4, -0.2) is 17.6 Å². The van der Waals surface area contributed by atoms with E-state index in [0.717, 1.165) is 11.3 Å². The number of aryl methyl sites for hydroxylation is 1. The second kappa shape index (κ2) is 5.40. The molecule has 1 aromatic heterocycles. The van der Waals surface area contributed by atoms with Crippen molar-refractivity contribution in [3.63, 3.8) is 0 Å². The van der Waals surface area contributed by atoms with Crippen molar-refractivity contribution in [2.45, 2.75) is 6.54 Å². The Labute approximate surface area is 106 Å². The first-order valence-electron chi connectivity index (χ1n) is 5.73. The molecule has 0 amide bonds. The summed E-state index contributed by atoms with van der Waals surface area (Å²) in [6, 6.07) is 9.36. The second-order valence-electron chi connectivity index (χ2n) is 4.08. The molecule has 0 bridgehead atoms. The smallest absolute Gasteiger partial charge is 0.339 e. The number of methoxy groups -OCH3 is 1. The van der Waals surface area contributed by atoms with Crippen LogP contribution in [0.1, 0.15) is 15.9 Å². The molecule has 1 N–H and O–H groups in total. The molecule has 0 radical (unpaired) electrons. The van der Waals surface area contributed by atoms with Gasteiger partial charge in [0.2, 0.25) is 0 Å². The molecule has 1 aromatic carbocycles. The van der Waals surface area contributed by atoms with Crippen LogP contribution in [0.2, 0.25) is 0 Å². The summed E-state index contributed by atoms with van der Waals surface area (Å²) in [5.41, 5.74) is 2.50. The summed E-state index contributed by atoms with van der Waals surface area (Å²) in [7, 11) is 3.36. The van der Waals surface area contributed by atoms with Crippen LogP contribution in [-0.2, 0) is 18.3 Å². The monoisotopic (exact) mass is 244 g/mol. The standard InChI is InChI=1S/C14H16N2O2/c1-16-8-7-11(10-16)9-15-13-6-4-3-5-12(13)14(17)18-2/h3-8,10,15H,9H2,1-2H3. The predicted molar refractivity (Wildman–Crippen MR) is 70.5 cm³/mol. The zero-order valence-corrected chi connectivity index (χ0v) is 10.5. The van der Waals surface area contributed by atoms with E-state index >= 15 is 0 Å². The van der Waals surface area contributed by atoms with Crippen LogP contribution >= 0.6 is 0 Å². The van der Waals surface area contributed by atoms with E-state index in [4.69, 9.17) is 4.74 Å². The Kier molecular flexibility index (Phi) is 3.67. The Morgan fingerprint density at radius 3 is 2.78 bits per heavy atom. The summed E-state index contributed by atoms with van der Waals surface area (Å²) in [5, 5.41) is 3.24. The molecular weight excluding hydrogens is 228 g/mol. The number of rotatable bonds is 4. The lowest BCUT2D eigenvalue weighted by atomic mass is 10.1. The normalized spacial score (nSPS) is 10.1. The number of hydrogen-bond acceptors (Lipinski definition) is 3. The van der Waals surface area contributed by atoms with Gasteiger partial charge in [-0.2, -0.15) is 0 Å². The lowest BCUT2D eigenvalue weighted by Gasteiger charge is -2.09. The van der Waals surface area contributed by atoms with E-state index < -0.39 is 0 Å². The van der Waals surface area contributed by atoms with Gasteiger partial charge in [-0.3, -0.25) is 0 Å². The molecule has 0 aliphatic heterocycles. The molecule has 2 aromatic rings. The van der Waals surface area contributed by atoms with Gasteiger partial charge in [0.25, 0.3) is 0 Å². The first-order chi connectivity index (χ1) is 8.70. The molecule has 0 spiro atoms. The second-order valence-corrected chi connectivity index (χ2v) is 4.08. The molecule has 94 valence electrons. The summed E-state index contributed by atoms with van der Waals surface area (Å²) in [6.45, 7) is 0.675. The molecule has 0 saturated carbocycles. The maximum atomic E-state index is 11.6. The lowest BCUT2D eigenvalue weighted by Crippen LogP contribution is -2.07. The maximum absolute atomic E-state index is 11.6. The van der Waals surface area contributed by atoms with E-state index in [-0.39, 0.29) is 5.97 Å².